The Balaban J connectivity index is 1.60. The van der Waals surface area contributed by atoms with Gasteiger partial charge in [0.25, 0.3) is 5.91 Å². The zero-order valence-electron chi connectivity index (χ0n) is 14.0. The average Bonchev–Trinajstić information content (AvgIpc) is 3.05. The van der Waals surface area contributed by atoms with Gasteiger partial charge in [-0.3, -0.25) is 4.79 Å². The molecule has 0 bridgehead atoms. The van der Waals surface area contributed by atoms with E-state index in [4.69, 9.17) is 4.74 Å². The molecule has 0 unspecified atom stereocenters. The normalized spacial score (nSPS) is 17.0. The van der Waals surface area contributed by atoms with E-state index in [0.717, 1.165) is 29.7 Å². The minimum atomic E-state index is -0.754. The highest BCUT2D eigenvalue weighted by molar-refractivity contribution is 7.20. The number of thiophene rings is 1. The first-order valence-corrected chi connectivity index (χ1v) is 9.11. The second-order valence-electron chi connectivity index (χ2n) is 5.96. The molecule has 24 heavy (non-hydrogen) atoms. The fourth-order valence-electron chi connectivity index (χ4n) is 2.89. The first-order chi connectivity index (χ1) is 11.6. The van der Waals surface area contributed by atoms with Crippen molar-refractivity contribution in [3.05, 3.63) is 35.2 Å². The monoisotopic (exact) mass is 346 g/mol. The van der Waals surface area contributed by atoms with Crippen molar-refractivity contribution >= 4 is 33.3 Å². The molecule has 0 saturated carbocycles. The van der Waals surface area contributed by atoms with Crippen LogP contribution in [0.15, 0.2) is 30.3 Å². The highest BCUT2D eigenvalue weighted by Crippen LogP contribution is 2.26. The molecule has 2 heterocycles. The first kappa shape index (κ1) is 16.9. The van der Waals surface area contributed by atoms with Gasteiger partial charge in [-0.15, -0.1) is 11.3 Å². The number of nitrogens with zero attached hydrogens (tertiary/aromatic N) is 2. The number of carbonyl (C=O) groups is 2. The molecule has 128 valence electrons. The average molecular weight is 346 g/mol. The topological polar surface area (TPSA) is 49.9 Å². The molecule has 0 spiro atoms. The van der Waals surface area contributed by atoms with Crippen LogP contribution in [0.2, 0.25) is 0 Å². The molecular weight excluding hydrogens is 324 g/mol. The Morgan fingerprint density at radius 3 is 2.58 bits per heavy atom. The fourth-order valence-corrected chi connectivity index (χ4v) is 3.84. The smallest absolute Gasteiger partial charge is 0.349 e. The number of hydrogen-bond donors (Lipinski definition) is 0. The Hall–Kier alpha value is -1.92. The molecule has 1 atom stereocenters. The Labute approximate surface area is 145 Å². The van der Waals surface area contributed by atoms with Gasteiger partial charge in [-0.25, -0.2) is 4.79 Å². The molecule has 1 aliphatic heterocycles. The van der Waals surface area contributed by atoms with Crippen molar-refractivity contribution < 1.29 is 14.3 Å². The Morgan fingerprint density at radius 2 is 1.92 bits per heavy atom. The summed E-state index contributed by atoms with van der Waals surface area (Å²) in [6, 6.07) is 9.63. The van der Waals surface area contributed by atoms with E-state index in [9.17, 15) is 9.59 Å². The van der Waals surface area contributed by atoms with Crippen molar-refractivity contribution in [2.24, 2.45) is 0 Å². The van der Waals surface area contributed by atoms with E-state index in [0.29, 0.717) is 18.0 Å². The summed E-state index contributed by atoms with van der Waals surface area (Å²) in [6.07, 6.45) is -0.754. The summed E-state index contributed by atoms with van der Waals surface area (Å²) in [6.45, 7) is 7.90. The minimum Gasteiger partial charge on any atom is -0.448 e. The van der Waals surface area contributed by atoms with Crippen molar-refractivity contribution in [2.45, 2.75) is 20.0 Å². The number of esters is 1. The summed E-state index contributed by atoms with van der Waals surface area (Å²) in [7, 11) is 0. The van der Waals surface area contributed by atoms with Crippen molar-refractivity contribution in [3.63, 3.8) is 0 Å². The summed E-state index contributed by atoms with van der Waals surface area (Å²) >= 11 is 1.39. The summed E-state index contributed by atoms with van der Waals surface area (Å²) in [5.74, 6) is -0.538. The Kier molecular flexibility index (Phi) is 5.16. The minimum absolute atomic E-state index is 0.111. The van der Waals surface area contributed by atoms with Crippen LogP contribution < -0.4 is 0 Å². The van der Waals surface area contributed by atoms with Gasteiger partial charge < -0.3 is 14.5 Å². The molecule has 1 saturated heterocycles. The van der Waals surface area contributed by atoms with Gasteiger partial charge in [-0.2, -0.15) is 0 Å². The molecule has 0 radical (unpaired) electrons. The van der Waals surface area contributed by atoms with Gasteiger partial charge in [-0.05, 0) is 31.0 Å². The number of rotatable bonds is 4. The summed E-state index contributed by atoms with van der Waals surface area (Å²) in [5.41, 5.74) is 0. The zero-order chi connectivity index (χ0) is 17.1. The molecule has 6 heteroatoms. The highest BCUT2D eigenvalue weighted by atomic mass is 32.1. The van der Waals surface area contributed by atoms with Gasteiger partial charge in [0.05, 0.1) is 0 Å². The van der Waals surface area contributed by atoms with E-state index < -0.39 is 12.1 Å². The van der Waals surface area contributed by atoms with Gasteiger partial charge in [0, 0.05) is 30.9 Å². The number of likely N-dealkylation sites (N-methyl/N-ethyl adjacent to an activating group) is 1. The Bertz CT molecular complexity index is 702. The highest BCUT2D eigenvalue weighted by Gasteiger charge is 2.27. The van der Waals surface area contributed by atoms with Gasteiger partial charge in [-0.1, -0.05) is 25.1 Å². The number of benzene rings is 1. The number of amides is 1. The third-order valence-electron chi connectivity index (χ3n) is 4.39. The SMILES string of the molecule is CCN1CCN(C(=O)[C@@H](C)OC(=O)c2cc3ccccc3s2)CC1. The van der Waals surface area contributed by atoms with E-state index in [-0.39, 0.29) is 5.91 Å². The van der Waals surface area contributed by atoms with Crippen LogP contribution in [0.25, 0.3) is 10.1 Å². The molecule has 1 aromatic carbocycles. The van der Waals surface area contributed by atoms with Crippen molar-refractivity contribution in [3.8, 4) is 0 Å². The zero-order valence-corrected chi connectivity index (χ0v) is 14.8. The Morgan fingerprint density at radius 1 is 1.21 bits per heavy atom. The maximum absolute atomic E-state index is 12.5. The number of ether oxygens (including phenoxy) is 1. The van der Waals surface area contributed by atoms with Crippen LogP contribution >= 0.6 is 11.3 Å². The molecule has 2 aromatic rings. The van der Waals surface area contributed by atoms with Gasteiger partial charge in [0.1, 0.15) is 4.88 Å². The molecule has 5 nitrogen and oxygen atoms in total. The van der Waals surface area contributed by atoms with Crippen LogP contribution in [0, 0.1) is 0 Å². The van der Waals surface area contributed by atoms with Crippen LogP contribution in [0.5, 0.6) is 0 Å². The second-order valence-corrected chi connectivity index (χ2v) is 7.04. The standard InChI is InChI=1S/C18H22N2O3S/c1-3-19-8-10-20(11-9-19)17(21)13(2)23-18(22)16-12-14-6-4-5-7-15(14)24-16/h4-7,12-13H,3,8-11H2,1-2H3/t13-/m1/s1. The second kappa shape index (κ2) is 7.32. The van der Waals surface area contributed by atoms with Gasteiger partial charge in [0.2, 0.25) is 0 Å². The molecule has 1 amide bonds. The van der Waals surface area contributed by atoms with Crippen LogP contribution in [0.4, 0.5) is 0 Å². The number of fused-ring (bicyclic) bond motifs is 1. The number of carbonyl (C=O) groups excluding carboxylic acids is 2. The maximum Gasteiger partial charge on any atom is 0.349 e. The van der Waals surface area contributed by atoms with Crippen LogP contribution in [0.1, 0.15) is 23.5 Å². The van der Waals surface area contributed by atoms with Gasteiger partial charge in [0.15, 0.2) is 6.10 Å². The quantitative estimate of drug-likeness (QED) is 0.799. The van der Waals surface area contributed by atoms with E-state index >= 15 is 0 Å². The molecule has 0 N–H and O–H groups in total. The molecule has 1 aromatic heterocycles. The summed E-state index contributed by atoms with van der Waals surface area (Å²) in [4.78, 5) is 29.4. The van der Waals surface area contributed by atoms with E-state index in [1.807, 2.05) is 30.3 Å². The third-order valence-corrected chi connectivity index (χ3v) is 5.49. The maximum atomic E-state index is 12.5. The summed E-state index contributed by atoms with van der Waals surface area (Å²) < 4.78 is 6.44. The van der Waals surface area contributed by atoms with E-state index in [2.05, 4.69) is 11.8 Å². The van der Waals surface area contributed by atoms with Crippen molar-refractivity contribution in [2.75, 3.05) is 32.7 Å². The number of hydrogen-bond acceptors (Lipinski definition) is 5. The van der Waals surface area contributed by atoms with E-state index in [1.54, 1.807) is 11.8 Å². The lowest BCUT2D eigenvalue weighted by Gasteiger charge is -2.35. The fraction of sp³-hybridized carbons (Fsp3) is 0.444. The van der Waals surface area contributed by atoms with Gasteiger partial charge >= 0.3 is 5.97 Å². The third kappa shape index (κ3) is 3.60. The molecule has 0 aliphatic carbocycles. The predicted octanol–water partition coefficient (Wildman–Crippen LogP) is 2.61. The predicted molar refractivity (Wildman–Crippen MR) is 95.4 cm³/mol. The largest absolute Gasteiger partial charge is 0.448 e. The lowest BCUT2D eigenvalue weighted by molar-refractivity contribution is -0.141. The lowest BCUT2D eigenvalue weighted by atomic mass is 10.2. The molecule has 3 rings (SSSR count). The van der Waals surface area contributed by atoms with Crippen LogP contribution in [-0.4, -0.2) is 60.5 Å². The molecule has 1 aliphatic rings. The van der Waals surface area contributed by atoms with Crippen molar-refractivity contribution in [1.82, 2.24) is 9.80 Å². The van der Waals surface area contributed by atoms with Crippen LogP contribution in [0.3, 0.4) is 0 Å². The number of piperazine rings is 1. The first-order valence-electron chi connectivity index (χ1n) is 8.29. The van der Waals surface area contributed by atoms with E-state index in [1.165, 1.54) is 11.3 Å². The van der Waals surface area contributed by atoms with Crippen molar-refractivity contribution in [1.29, 1.82) is 0 Å². The lowest BCUT2D eigenvalue weighted by Crippen LogP contribution is -2.51. The summed E-state index contributed by atoms with van der Waals surface area (Å²) in [5, 5.41) is 1.02. The van der Waals surface area contributed by atoms with Crippen LogP contribution in [-0.2, 0) is 9.53 Å². The molecule has 1 fully saturated rings. The molecular formula is C18H22N2O3S.